The molecular formula is C18H23BrN2O3. The van der Waals surface area contributed by atoms with Crippen molar-refractivity contribution in [2.24, 2.45) is 22.4 Å². The molecule has 6 heteroatoms. The predicted molar refractivity (Wildman–Crippen MR) is 96.3 cm³/mol. The number of fused-ring (bicyclic) bond motifs is 1. The maximum absolute atomic E-state index is 12.4. The van der Waals surface area contributed by atoms with Gasteiger partial charge in [-0.1, -0.05) is 19.8 Å². The number of hydrogen-bond acceptors (Lipinski definition) is 4. The van der Waals surface area contributed by atoms with E-state index in [-0.39, 0.29) is 23.0 Å². The number of nitrogens with one attached hydrogen (secondary N) is 1. The van der Waals surface area contributed by atoms with Gasteiger partial charge in [0.2, 0.25) is 5.91 Å². The first-order valence-electron chi connectivity index (χ1n) is 8.45. The third-order valence-electron chi connectivity index (χ3n) is 5.35. The topological polar surface area (TPSA) is 70.9 Å². The standard InChI is InChI=1S/C18H23BrN2O3/c1-3-24-14-9-11(8-13(19)16(14)22)10-20-21-17(23)15-12-6-4-5-7-18(12,15)2/h8-10,12,15,22H,3-7H2,1-2H3,(H,21,23)/b20-10-/t12-,15+,18-/m1/s1. The quantitative estimate of drug-likeness (QED) is 0.588. The molecule has 0 aromatic heterocycles. The summed E-state index contributed by atoms with van der Waals surface area (Å²) in [5.41, 5.74) is 3.59. The maximum Gasteiger partial charge on any atom is 0.244 e. The molecule has 5 nitrogen and oxygen atoms in total. The smallest absolute Gasteiger partial charge is 0.244 e. The van der Waals surface area contributed by atoms with Crippen LogP contribution in [0.5, 0.6) is 11.5 Å². The lowest BCUT2D eigenvalue weighted by atomic mass is 9.90. The number of rotatable bonds is 5. The minimum Gasteiger partial charge on any atom is -0.503 e. The Morgan fingerprint density at radius 3 is 3.00 bits per heavy atom. The van der Waals surface area contributed by atoms with E-state index in [1.165, 1.54) is 12.8 Å². The number of phenols is 1. The van der Waals surface area contributed by atoms with E-state index in [1.807, 2.05) is 6.92 Å². The Morgan fingerprint density at radius 1 is 1.54 bits per heavy atom. The second kappa shape index (κ2) is 6.75. The summed E-state index contributed by atoms with van der Waals surface area (Å²) >= 11 is 3.29. The van der Waals surface area contributed by atoms with Gasteiger partial charge in [0.1, 0.15) is 0 Å². The summed E-state index contributed by atoms with van der Waals surface area (Å²) in [6.07, 6.45) is 6.32. The van der Waals surface area contributed by atoms with Crippen LogP contribution < -0.4 is 10.2 Å². The van der Waals surface area contributed by atoms with Crippen molar-refractivity contribution in [2.75, 3.05) is 6.61 Å². The first-order chi connectivity index (χ1) is 11.5. The van der Waals surface area contributed by atoms with E-state index >= 15 is 0 Å². The second-order valence-corrected chi connectivity index (χ2v) is 7.71. The zero-order chi connectivity index (χ0) is 17.3. The van der Waals surface area contributed by atoms with Crippen LogP contribution in [0.25, 0.3) is 0 Å². The molecule has 0 unspecified atom stereocenters. The summed E-state index contributed by atoms with van der Waals surface area (Å²) in [5, 5.41) is 14.0. The highest BCUT2D eigenvalue weighted by Gasteiger charge is 2.64. The minimum atomic E-state index is 0.0172. The van der Waals surface area contributed by atoms with Crippen LogP contribution >= 0.6 is 15.9 Å². The third-order valence-corrected chi connectivity index (χ3v) is 5.96. The maximum atomic E-state index is 12.4. The third kappa shape index (κ3) is 3.16. The number of benzene rings is 1. The van der Waals surface area contributed by atoms with E-state index in [1.54, 1.807) is 18.3 Å². The van der Waals surface area contributed by atoms with Gasteiger partial charge in [-0.15, -0.1) is 0 Å². The van der Waals surface area contributed by atoms with Gasteiger partial charge in [-0.2, -0.15) is 5.10 Å². The van der Waals surface area contributed by atoms with E-state index in [9.17, 15) is 9.90 Å². The Labute approximate surface area is 150 Å². The van der Waals surface area contributed by atoms with Gasteiger partial charge < -0.3 is 9.84 Å². The van der Waals surface area contributed by atoms with Crippen LogP contribution in [0, 0.1) is 17.3 Å². The Morgan fingerprint density at radius 2 is 2.33 bits per heavy atom. The average molecular weight is 395 g/mol. The lowest BCUT2D eigenvalue weighted by Crippen LogP contribution is -2.22. The molecule has 0 radical (unpaired) electrons. The first-order valence-corrected chi connectivity index (χ1v) is 9.25. The van der Waals surface area contributed by atoms with Crippen molar-refractivity contribution in [3.05, 3.63) is 22.2 Å². The number of carbonyl (C=O) groups excluding carboxylic acids is 1. The SMILES string of the molecule is CCOc1cc(/C=N\NC(=O)[C@@H]2[C@H]3CCCC[C@]32C)cc(Br)c1O. The minimum absolute atomic E-state index is 0.0172. The van der Waals surface area contributed by atoms with Crippen molar-refractivity contribution >= 4 is 28.1 Å². The molecule has 0 spiro atoms. The summed E-state index contributed by atoms with van der Waals surface area (Å²) in [5.74, 6) is 1.09. The van der Waals surface area contributed by atoms with Crippen LogP contribution in [0.2, 0.25) is 0 Å². The molecule has 2 fully saturated rings. The molecule has 130 valence electrons. The number of nitrogens with zero attached hydrogens (tertiary/aromatic N) is 1. The largest absolute Gasteiger partial charge is 0.503 e. The van der Waals surface area contributed by atoms with E-state index in [4.69, 9.17) is 4.74 Å². The highest BCUT2D eigenvalue weighted by atomic mass is 79.9. The fraction of sp³-hybridized carbons (Fsp3) is 0.556. The molecule has 0 heterocycles. The number of ether oxygens (including phenoxy) is 1. The lowest BCUT2D eigenvalue weighted by Gasteiger charge is -2.15. The van der Waals surface area contributed by atoms with E-state index in [2.05, 4.69) is 33.4 Å². The molecule has 1 amide bonds. The molecule has 3 rings (SSSR count). The fourth-order valence-electron chi connectivity index (χ4n) is 4.02. The van der Waals surface area contributed by atoms with Gasteiger partial charge in [-0.3, -0.25) is 4.79 Å². The molecule has 2 aliphatic carbocycles. The number of phenolic OH excluding ortho intramolecular Hbond substituents is 1. The molecule has 2 saturated carbocycles. The summed E-state index contributed by atoms with van der Waals surface area (Å²) < 4.78 is 5.91. The van der Waals surface area contributed by atoms with E-state index < -0.39 is 0 Å². The van der Waals surface area contributed by atoms with E-state index in [0.29, 0.717) is 22.7 Å². The molecule has 0 saturated heterocycles. The number of halogens is 1. The van der Waals surface area contributed by atoms with Gasteiger partial charge in [0.25, 0.3) is 0 Å². The van der Waals surface area contributed by atoms with Crippen LogP contribution in [0.15, 0.2) is 21.7 Å². The van der Waals surface area contributed by atoms with Crippen LogP contribution in [-0.2, 0) is 4.79 Å². The summed E-state index contributed by atoms with van der Waals surface area (Å²) in [6.45, 7) is 4.53. The molecule has 24 heavy (non-hydrogen) atoms. The number of hydrogen-bond donors (Lipinski definition) is 2. The van der Waals surface area contributed by atoms with Crippen LogP contribution in [-0.4, -0.2) is 23.8 Å². The molecule has 1 aromatic rings. The first kappa shape index (κ1) is 17.3. The van der Waals surface area contributed by atoms with Gasteiger partial charge in [-0.05, 0) is 64.7 Å². The monoisotopic (exact) mass is 394 g/mol. The molecule has 0 bridgehead atoms. The Hall–Kier alpha value is -1.56. The normalized spacial score (nSPS) is 28.5. The Balaban J connectivity index is 1.63. The van der Waals surface area contributed by atoms with Crippen molar-refractivity contribution in [3.63, 3.8) is 0 Å². The van der Waals surface area contributed by atoms with Gasteiger partial charge >= 0.3 is 0 Å². The highest BCUT2D eigenvalue weighted by Crippen LogP contribution is 2.66. The van der Waals surface area contributed by atoms with Crippen LogP contribution in [0.1, 0.15) is 45.1 Å². The Kier molecular flexibility index (Phi) is 4.85. The molecule has 3 atom stereocenters. The van der Waals surface area contributed by atoms with Crippen molar-refractivity contribution < 1.29 is 14.6 Å². The van der Waals surface area contributed by atoms with Gasteiger partial charge in [0.05, 0.1) is 17.3 Å². The zero-order valence-electron chi connectivity index (χ0n) is 14.0. The molecule has 2 aliphatic rings. The summed E-state index contributed by atoms with van der Waals surface area (Å²) in [6, 6.07) is 3.42. The molecule has 0 aliphatic heterocycles. The summed E-state index contributed by atoms with van der Waals surface area (Å²) in [7, 11) is 0. The second-order valence-electron chi connectivity index (χ2n) is 6.85. The van der Waals surface area contributed by atoms with Crippen LogP contribution in [0.3, 0.4) is 0 Å². The van der Waals surface area contributed by atoms with Crippen molar-refractivity contribution in [1.82, 2.24) is 5.43 Å². The summed E-state index contributed by atoms with van der Waals surface area (Å²) in [4.78, 5) is 12.4. The van der Waals surface area contributed by atoms with Crippen molar-refractivity contribution in [3.8, 4) is 11.5 Å². The van der Waals surface area contributed by atoms with Crippen molar-refractivity contribution in [1.29, 1.82) is 0 Å². The fourth-order valence-corrected chi connectivity index (χ4v) is 4.48. The van der Waals surface area contributed by atoms with E-state index in [0.717, 1.165) is 18.4 Å². The molecule has 1 aromatic carbocycles. The van der Waals surface area contributed by atoms with Gasteiger partial charge in [0.15, 0.2) is 11.5 Å². The molecule has 2 N–H and O–H groups in total. The van der Waals surface area contributed by atoms with Gasteiger partial charge in [-0.25, -0.2) is 5.43 Å². The Bertz CT molecular complexity index is 676. The zero-order valence-corrected chi connectivity index (χ0v) is 15.6. The van der Waals surface area contributed by atoms with Gasteiger partial charge in [0, 0.05) is 5.92 Å². The lowest BCUT2D eigenvalue weighted by molar-refractivity contribution is -0.123. The average Bonchev–Trinajstić information content (AvgIpc) is 3.18. The number of carbonyl (C=O) groups is 1. The van der Waals surface area contributed by atoms with Crippen molar-refractivity contribution in [2.45, 2.75) is 39.5 Å². The molecular weight excluding hydrogens is 372 g/mol. The number of aromatic hydroxyl groups is 1. The number of amides is 1. The predicted octanol–water partition coefficient (Wildman–Crippen LogP) is 3.83. The number of hydrazone groups is 1. The highest BCUT2D eigenvalue weighted by molar-refractivity contribution is 9.10. The van der Waals surface area contributed by atoms with Crippen LogP contribution in [0.4, 0.5) is 0 Å².